The van der Waals surface area contributed by atoms with Gasteiger partial charge in [-0.25, -0.2) is 0 Å². The third-order valence-electron chi connectivity index (χ3n) is 0.612. The Bertz CT molecular complexity index is 35.6. The fourth-order valence-electron chi connectivity index (χ4n) is 0. The number of hydrogen-bond acceptors (Lipinski definition) is 3. The molecule has 0 aromatic heterocycles. The van der Waals surface area contributed by atoms with Gasteiger partial charge in [0.25, 0.3) is 0 Å². The molecule has 0 aromatic carbocycles. The van der Waals surface area contributed by atoms with Crippen LogP contribution in [0, 0.1) is 0 Å². The van der Waals surface area contributed by atoms with E-state index in [-0.39, 0.29) is 62.4 Å². The van der Waals surface area contributed by atoms with Gasteiger partial charge < -0.3 is 20.8 Å². The smallest absolute Gasteiger partial charge is 0 e. The SMILES string of the molecule is CCC[O-].CCC[O-].CCC[O-].[O-2].[V].[V]. The van der Waals surface area contributed by atoms with Crippen LogP contribution in [0.5, 0.6) is 0 Å². The van der Waals surface area contributed by atoms with Crippen molar-refractivity contribution in [3.63, 3.8) is 0 Å². The van der Waals surface area contributed by atoms with Gasteiger partial charge in [-0.2, -0.15) is 0 Å². The fraction of sp³-hybridized carbons (Fsp3) is 1.00. The van der Waals surface area contributed by atoms with Crippen molar-refractivity contribution in [3.8, 4) is 0 Å². The van der Waals surface area contributed by atoms with Crippen molar-refractivity contribution in [3.05, 3.63) is 0 Å². The Hall–Kier alpha value is 1.01. The van der Waals surface area contributed by atoms with E-state index < -0.39 is 0 Å². The van der Waals surface area contributed by atoms with Gasteiger partial charge in [-0.05, 0) is 0 Å². The Balaban J connectivity index is -0.0000000184. The summed E-state index contributed by atoms with van der Waals surface area (Å²) in [6.45, 7) is 5.81. The molecule has 4 nitrogen and oxygen atoms in total. The van der Waals surface area contributed by atoms with E-state index >= 15 is 0 Å². The molecule has 6 heteroatoms. The van der Waals surface area contributed by atoms with E-state index in [0.717, 1.165) is 19.3 Å². The van der Waals surface area contributed by atoms with Gasteiger partial charge in [0.15, 0.2) is 0 Å². The molecule has 0 atom stereocenters. The minimum Gasteiger partial charge on any atom is -2.00 e. The summed E-state index contributed by atoms with van der Waals surface area (Å²) in [5, 5.41) is 27.9. The summed E-state index contributed by atoms with van der Waals surface area (Å²) in [6, 6.07) is 0. The molecule has 96 valence electrons. The van der Waals surface area contributed by atoms with Crippen LogP contribution in [0.4, 0.5) is 0 Å². The molecule has 15 heavy (non-hydrogen) atoms. The van der Waals surface area contributed by atoms with Crippen molar-refractivity contribution in [1.29, 1.82) is 0 Å². The van der Waals surface area contributed by atoms with Gasteiger partial charge in [0.1, 0.15) is 0 Å². The summed E-state index contributed by atoms with van der Waals surface area (Å²) in [6.07, 6.45) is 2.29. The van der Waals surface area contributed by atoms with Gasteiger partial charge in [0.05, 0.1) is 0 Å². The average molecular weight is 295 g/mol. The molecule has 0 heterocycles. The van der Waals surface area contributed by atoms with Crippen molar-refractivity contribution >= 4 is 0 Å². The molecule has 0 aliphatic rings. The maximum absolute atomic E-state index is 9.30. The molecule has 0 amide bonds. The van der Waals surface area contributed by atoms with E-state index in [2.05, 4.69) is 0 Å². The first-order valence-corrected chi connectivity index (χ1v) is 4.49. The third kappa shape index (κ3) is 158. The quantitative estimate of drug-likeness (QED) is 0.678. The second-order valence-corrected chi connectivity index (χ2v) is 2.11. The van der Waals surface area contributed by atoms with Gasteiger partial charge in [-0.15, -0.1) is 19.8 Å². The topological polar surface area (TPSA) is 97.7 Å². The summed E-state index contributed by atoms with van der Waals surface area (Å²) in [4.78, 5) is 0. The van der Waals surface area contributed by atoms with Crippen molar-refractivity contribution in [2.24, 2.45) is 0 Å². The van der Waals surface area contributed by atoms with E-state index in [4.69, 9.17) is 0 Å². The largest absolute Gasteiger partial charge is 2.00 e. The Morgan fingerprint density at radius 2 is 0.667 bits per heavy atom. The third-order valence-corrected chi connectivity index (χ3v) is 0.612. The van der Waals surface area contributed by atoms with Gasteiger partial charge >= 0.3 is 0 Å². The Kier molecular flexibility index (Phi) is 144. The minimum atomic E-state index is 0. The Morgan fingerprint density at radius 3 is 0.667 bits per heavy atom. The fourth-order valence-corrected chi connectivity index (χ4v) is 0. The molecular formula is C9H21O4V2-5. The molecule has 0 unspecified atom stereocenters. The molecule has 0 spiro atoms. The normalized spacial score (nSPS) is 6.00. The van der Waals surface area contributed by atoms with Gasteiger partial charge in [-0.1, -0.05) is 40.0 Å². The summed E-state index contributed by atoms with van der Waals surface area (Å²) < 4.78 is 0. The van der Waals surface area contributed by atoms with Crippen LogP contribution in [0.2, 0.25) is 0 Å². The standard InChI is InChI=1S/3C3H7O.O.2V/c3*1-2-3-4;;;/h3*2-3H2,1H3;;;/q3*-1;-2;;. The van der Waals surface area contributed by atoms with Crippen molar-refractivity contribution in [1.82, 2.24) is 0 Å². The monoisotopic (exact) mass is 295 g/mol. The first-order valence-electron chi connectivity index (χ1n) is 4.49. The zero-order valence-electron chi connectivity index (χ0n) is 9.77. The van der Waals surface area contributed by atoms with E-state index in [9.17, 15) is 15.3 Å². The average Bonchev–Trinajstić information content (AvgIpc) is 2.18. The molecule has 0 N–H and O–H groups in total. The molecule has 0 aromatic rings. The van der Waals surface area contributed by atoms with E-state index in [0.29, 0.717) is 0 Å². The summed E-state index contributed by atoms with van der Waals surface area (Å²) >= 11 is 0. The van der Waals surface area contributed by atoms with E-state index in [1.807, 2.05) is 20.8 Å². The molecule has 0 bridgehead atoms. The van der Waals surface area contributed by atoms with E-state index in [1.165, 1.54) is 0 Å². The van der Waals surface area contributed by atoms with Crippen LogP contribution in [0.3, 0.4) is 0 Å². The zero-order valence-corrected chi connectivity index (χ0v) is 12.6. The molecule has 0 aliphatic heterocycles. The molecule has 0 fully saturated rings. The number of hydrogen-bond donors (Lipinski definition) is 0. The second-order valence-electron chi connectivity index (χ2n) is 2.11. The Labute approximate surface area is 118 Å². The van der Waals surface area contributed by atoms with Crippen LogP contribution in [0.1, 0.15) is 40.0 Å². The minimum absolute atomic E-state index is 0. The van der Waals surface area contributed by atoms with Gasteiger partial charge in [0, 0.05) is 37.1 Å². The van der Waals surface area contributed by atoms with Crippen LogP contribution in [0.15, 0.2) is 0 Å². The summed E-state index contributed by atoms with van der Waals surface area (Å²) in [5.74, 6) is 0. The summed E-state index contributed by atoms with van der Waals surface area (Å²) in [7, 11) is 0. The molecule has 0 aliphatic carbocycles. The van der Waals surface area contributed by atoms with Crippen molar-refractivity contribution in [2.75, 3.05) is 19.8 Å². The van der Waals surface area contributed by atoms with Gasteiger partial charge in [0.2, 0.25) is 0 Å². The first kappa shape index (κ1) is 36.0. The predicted octanol–water partition coefficient (Wildman–Crippen LogP) is -0.854. The van der Waals surface area contributed by atoms with Crippen LogP contribution >= 0.6 is 0 Å². The number of rotatable bonds is 3. The molecule has 2 radical (unpaired) electrons. The van der Waals surface area contributed by atoms with Crippen LogP contribution in [-0.4, -0.2) is 19.8 Å². The van der Waals surface area contributed by atoms with Crippen molar-refractivity contribution < 1.29 is 57.9 Å². The van der Waals surface area contributed by atoms with Gasteiger partial charge in [-0.3, -0.25) is 0 Å². The van der Waals surface area contributed by atoms with E-state index in [1.54, 1.807) is 0 Å². The van der Waals surface area contributed by atoms with Crippen LogP contribution < -0.4 is 15.3 Å². The Morgan fingerprint density at radius 1 is 0.600 bits per heavy atom. The molecule has 0 saturated heterocycles. The summed E-state index contributed by atoms with van der Waals surface area (Å²) in [5.41, 5.74) is 0. The molecule has 0 saturated carbocycles. The zero-order chi connectivity index (χ0) is 10.2. The molecule has 0 rings (SSSR count). The maximum atomic E-state index is 9.30. The van der Waals surface area contributed by atoms with Crippen LogP contribution in [-0.2, 0) is 42.6 Å². The molecular weight excluding hydrogens is 274 g/mol. The van der Waals surface area contributed by atoms with Crippen molar-refractivity contribution in [2.45, 2.75) is 40.0 Å². The van der Waals surface area contributed by atoms with Crippen LogP contribution in [0.25, 0.3) is 0 Å². The first-order chi connectivity index (χ1) is 5.74. The maximum Gasteiger partial charge on any atom is 0 e. The second kappa shape index (κ2) is 60.0. The predicted molar refractivity (Wildman–Crippen MR) is 46.2 cm³/mol.